The first-order valence-electron chi connectivity index (χ1n) is 11.1. The monoisotopic (exact) mass is 434 g/mol. The van der Waals surface area contributed by atoms with Crippen molar-refractivity contribution in [3.63, 3.8) is 0 Å². The van der Waals surface area contributed by atoms with Crippen LogP contribution in [0.25, 0.3) is 21.9 Å². The molecule has 31 heavy (non-hydrogen) atoms. The second-order valence-electron chi connectivity index (χ2n) is 9.99. The molecule has 164 valence electrons. The highest BCUT2D eigenvalue weighted by molar-refractivity contribution is 6.74. The lowest BCUT2D eigenvalue weighted by Crippen LogP contribution is -2.44. The first-order chi connectivity index (χ1) is 14.6. The zero-order valence-corrected chi connectivity index (χ0v) is 21.1. The molecule has 4 rings (SSSR count). The van der Waals surface area contributed by atoms with Gasteiger partial charge in [-0.05, 0) is 76.5 Å². The maximum Gasteiger partial charge on any atom is 0.250 e. The number of fused-ring (bicyclic) bond motifs is 4. The fourth-order valence-corrected chi connectivity index (χ4v) is 5.41. The van der Waals surface area contributed by atoms with Crippen LogP contribution in [-0.2, 0) is 12.8 Å². The van der Waals surface area contributed by atoms with Crippen LogP contribution in [0.4, 0.5) is 0 Å². The molecule has 0 unspecified atom stereocenters. The summed E-state index contributed by atoms with van der Waals surface area (Å²) in [6.45, 7) is 13.8. The minimum Gasteiger partial charge on any atom is -0.543 e. The summed E-state index contributed by atoms with van der Waals surface area (Å²) < 4.78 is 18.2. The van der Waals surface area contributed by atoms with E-state index in [1.807, 2.05) is 0 Å². The summed E-state index contributed by atoms with van der Waals surface area (Å²) in [7, 11) is 1.41. The molecule has 0 amide bonds. The van der Waals surface area contributed by atoms with E-state index >= 15 is 0 Å². The molecule has 3 aromatic rings. The van der Waals surface area contributed by atoms with Crippen LogP contribution in [0.5, 0.6) is 17.2 Å². The third-order valence-corrected chi connectivity index (χ3v) is 11.5. The summed E-state index contributed by atoms with van der Waals surface area (Å²) in [6.07, 6.45) is 1.84. The van der Waals surface area contributed by atoms with Crippen LogP contribution in [0.1, 0.15) is 44.4 Å². The van der Waals surface area contributed by atoms with E-state index in [2.05, 4.69) is 77.2 Å². The third kappa shape index (κ3) is 3.51. The van der Waals surface area contributed by atoms with Crippen LogP contribution in [0.3, 0.4) is 0 Å². The van der Waals surface area contributed by atoms with E-state index in [0.29, 0.717) is 0 Å². The van der Waals surface area contributed by atoms with Crippen molar-refractivity contribution >= 4 is 19.1 Å². The standard InChI is InChI=1S/C27H34O3Si/c1-9-20-22-13-11-19(29-6)16-23(22)26(30-31(7,8)27(2,3)4)24-15-17-14-18(28-5)10-12-21(17)25(20)24/h10-14,16H,9,15H2,1-8H3. The number of hydrogen-bond donors (Lipinski definition) is 0. The quantitative estimate of drug-likeness (QED) is 0.307. The van der Waals surface area contributed by atoms with Crippen molar-refractivity contribution in [2.45, 2.75) is 58.7 Å². The predicted octanol–water partition coefficient (Wildman–Crippen LogP) is 7.37. The average Bonchev–Trinajstić information content (AvgIpc) is 3.11. The van der Waals surface area contributed by atoms with Crippen LogP contribution in [0, 0.1) is 0 Å². The molecule has 0 N–H and O–H groups in total. The highest BCUT2D eigenvalue weighted by Crippen LogP contribution is 2.51. The SMILES string of the molecule is CCc1c2c(c(O[Si](C)(C)C(C)(C)C)c3cc(OC)ccc13)Cc1cc(OC)ccc1-2. The van der Waals surface area contributed by atoms with Gasteiger partial charge in [0.1, 0.15) is 17.2 Å². The van der Waals surface area contributed by atoms with Gasteiger partial charge in [0.15, 0.2) is 0 Å². The van der Waals surface area contributed by atoms with E-state index < -0.39 is 8.32 Å². The Morgan fingerprint density at radius 1 is 0.903 bits per heavy atom. The van der Waals surface area contributed by atoms with Gasteiger partial charge in [-0.15, -0.1) is 0 Å². The van der Waals surface area contributed by atoms with Gasteiger partial charge in [0.05, 0.1) is 14.2 Å². The number of rotatable bonds is 5. The summed E-state index contributed by atoms with van der Waals surface area (Å²) in [6, 6.07) is 12.9. The van der Waals surface area contributed by atoms with Crippen LogP contribution in [0.2, 0.25) is 18.1 Å². The Morgan fingerprint density at radius 2 is 1.55 bits per heavy atom. The van der Waals surface area contributed by atoms with E-state index in [4.69, 9.17) is 13.9 Å². The lowest BCUT2D eigenvalue weighted by molar-refractivity contribution is 0.414. The molecule has 0 spiro atoms. The Labute approximate surface area is 187 Å². The van der Waals surface area contributed by atoms with Gasteiger partial charge >= 0.3 is 0 Å². The molecule has 0 bridgehead atoms. The fraction of sp³-hybridized carbons (Fsp3) is 0.407. The second-order valence-corrected chi connectivity index (χ2v) is 14.7. The minimum atomic E-state index is -2.05. The molecule has 0 saturated carbocycles. The molecule has 0 fully saturated rings. The van der Waals surface area contributed by atoms with Crippen molar-refractivity contribution in [1.29, 1.82) is 0 Å². The molecular formula is C27H34O3Si. The summed E-state index contributed by atoms with van der Waals surface area (Å²) in [5.41, 5.74) is 6.67. The molecule has 0 saturated heterocycles. The zero-order valence-electron chi connectivity index (χ0n) is 20.1. The second kappa shape index (κ2) is 7.59. The fourth-order valence-electron chi connectivity index (χ4n) is 4.36. The van der Waals surface area contributed by atoms with Gasteiger partial charge in [-0.3, -0.25) is 0 Å². The van der Waals surface area contributed by atoms with Crippen molar-refractivity contribution in [3.05, 3.63) is 53.1 Å². The molecule has 3 aromatic carbocycles. The van der Waals surface area contributed by atoms with Crippen molar-refractivity contribution in [2.75, 3.05) is 14.2 Å². The van der Waals surface area contributed by atoms with Gasteiger partial charge in [-0.25, -0.2) is 0 Å². The molecule has 0 heterocycles. The number of methoxy groups -OCH3 is 2. The maximum absolute atomic E-state index is 7.06. The summed E-state index contributed by atoms with van der Waals surface area (Å²) in [4.78, 5) is 0. The Balaban J connectivity index is 2.05. The largest absolute Gasteiger partial charge is 0.543 e. The molecule has 0 aromatic heterocycles. The van der Waals surface area contributed by atoms with Crippen molar-refractivity contribution in [2.24, 2.45) is 0 Å². The average molecular weight is 435 g/mol. The summed E-state index contributed by atoms with van der Waals surface area (Å²) in [5.74, 6) is 2.82. The molecule has 0 radical (unpaired) electrons. The van der Waals surface area contributed by atoms with Crippen molar-refractivity contribution in [1.82, 2.24) is 0 Å². The Morgan fingerprint density at radius 3 is 2.16 bits per heavy atom. The Hall–Kier alpha value is -2.46. The van der Waals surface area contributed by atoms with E-state index in [-0.39, 0.29) is 5.04 Å². The van der Waals surface area contributed by atoms with Gasteiger partial charge in [0.2, 0.25) is 0 Å². The lowest BCUT2D eigenvalue weighted by atomic mass is 9.91. The van der Waals surface area contributed by atoms with Crippen LogP contribution < -0.4 is 13.9 Å². The van der Waals surface area contributed by atoms with Crippen LogP contribution >= 0.6 is 0 Å². The molecular weight excluding hydrogens is 400 g/mol. The van der Waals surface area contributed by atoms with Gasteiger partial charge in [-0.1, -0.05) is 39.8 Å². The number of hydrogen-bond acceptors (Lipinski definition) is 3. The Bertz CT molecular complexity index is 1160. The van der Waals surface area contributed by atoms with E-state index in [1.165, 1.54) is 38.6 Å². The van der Waals surface area contributed by atoms with Crippen LogP contribution in [-0.4, -0.2) is 22.5 Å². The number of benzene rings is 3. The number of aryl methyl sites for hydroxylation is 1. The predicted molar refractivity (Wildman–Crippen MR) is 132 cm³/mol. The van der Waals surface area contributed by atoms with Gasteiger partial charge in [-0.2, -0.15) is 0 Å². The molecule has 3 nitrogen and oxygen atoms in total. The van der Waals surface area contributed by atoms with E-state index in [9.17, 15) is 0 Å². The van der Waals surface area contributed by atoms with Gasteiger partial charge < -0.3 is 13.9 Å². The zero-order chi connectivity index (χ0) is 22.6. The molecule has 0 aliphatic heterocycles. The van der Waals surface area contributed by atoms with E-state index in [0.717, 1.165) is 30.1 Å². The first kappa shape index (κ1) is 21.8. The molecule has 0 atom stereocenters. The van der Waals surface area contributed by atoms with E-state index in [1.54, 1.807) is 14.2 Å². The third-order valence-electron chi connectivity index (χ3n) is 7.14. The number of ether oxygens (including phenoxy) is 2. The van der Waals surface area contributed by atoms with Crippen molar-refractivity contribution < 1.29 is 13.9 Å². The first-order valence-corrected chi connectivity index (χ1v) is 14.0. The minimum absolute atomic E-state index is 0.114. The Kier molecular flexibility index (Phi) is 5.33. The maximum atomic E-state index is 7.06. The summed E-state index contributed by atoms with van der Waals surface area (Å²) in [5, 5.41) is 2.54. The highest BCUT2D eigenvalue weighted by atomic mass is 28.4. The van der Waals surface area contributed by atoms with Crippen molar-refractivity contribution in [3.8, 4) is 28.4 Å². The van der Waals surface area contributed by atoms with Gasteiger partial charge in [0.25, 0.3) is 8.32 Å². The topological polar surface area (TPSA) is 27.7 Å². The summed E-state index contributed by atoms with van der Waals surface area (Å²) >= 11 is 0. The molecule has 4 heteroatoms. The van der Waals surface area contributed by atoms with Crippen LogP contribution in [0.15, 0.2) is 36.4 Å². The smallest absolute Gasteiger partial charge is 0.250 e. The lowest BCUT2D eigenvalue weighted by Gasteiger charge is -2.37. The molecule has 1 aliphatic carbocycles. The van der Waals surface area contributed by atoms with Gasteiger partial charge in [0, 0.05) is 17.4 Å². The normalized spacial score (nSPS) is 13.2. The molecule has 1 aliphatic rings. The highest BCUT2D eigenvalue weighted by Gasteiger charge is 2.41.